The van der Waals surface area contributed by atoms with Crippen LogP contribution in [0.2, 0.25) is 0 Å². The van der Waals surface area contributed by atoms with Gasteiger partial charge in [-0.15, -0.1) is 0 Å². The van der Waals surface area contributed by atoms with Crippen LogP contribution in [0, 0.1) is 5.41 Å². The second-order valence-corrected chi connectivity index (χ2v) is 5.60. The van der Waals surface area contributed by atoms with E-state index in [2.05, 4.69) is 5.32 Å². The van der Waals surface area contributed by atoms with Crippen molar-refractivity contribution in [3.05, 3.63) is 29.8 Å². The van der Waals surface area contributed by atoms with Gasteiger partial charge in [-0.25, -0.2) is 0 Å². The number of nitrogens with one attached hydrogen (secondary N) is 1. The van der Waals surface area contributed by atoms with Crippen LogP contribution in [-0.2, 0) is 15.8 Å². The molecule has 0 spiro atoms. The summed E-state index contributed by atoms with van der Waals surface area (Å²) in [6.45, 7) is 2.88. The molecule has 0 saturated carbocycles. The van der Waals surface area contributed by atoms with Crippen molar-refractivity contribution < 1.29 is 32.6 Å². The van der Waals surface area contributed by atoms with Crippen molar-refractivity contribution in [1.29, 1.82) is 0 Å². The van der Waals surface area contributed by atoms with Crippen LogP contribution in [0.25, 0.3) is 0 Å². The zero-order valence-corrected chi connectivity index (χ0v) is 12.7. The molecule has 0 unspecified atom stereocenters. The van der Waals surface area contributed by atoms with Gasteiger partial charge >= 0.3 is 12.1 Å². The van der Waals surface area contributed by atoms with Crippen molar-refractivity contribution in [3.8, 4) is 5.75 Å². The lowest BCUT2D eigenvalue weighted by Crippen LogP contribution is -2.34. The van der Waals surface area contributed by atoms with Gasteiger partial charge in [0.2, 0.25) is 0 Å². The number of carbonyl (C=O) groups excluding carboxylic acids is 1. The molecule has 0 bridgehead atoms. The molecule has 0 aliphatic rings. The Morgan fingerprint density at radius 1 is 1.17 bits per heavy atom. The summed E-state index contributed by atoms with van der Waals surface area (Å²) in [5, 5.41) is 11.4. The lowest BCUT2D eigenvalue weighted by atomic mass is 9.90. The van der Waals surface area contributed by atoms with Crippen molar-refractivity contribution in [1.82, 2.24) is 5.32 Å². The fraction of sp³-hybridized carbons (Fsp3) is 0.467. The van der Waals surface area contributed by atoms with Gasteiger partial charge in [0, 0.05) is 6.54 Å². The Bertz CT molecular complexity index is 553. The number of halogens is 3. The number of carbonyl (C=O) groups is 2. The highest BCUT2D eigenvalue weighted by molar-refractivity contribution is 5.77. The molecule has 0 radical (unpaired) electrons. The van der Waals surface area contributed by atoms with Crippen LogP contribution in [0.4, 0.5) is 13.2 Å². The summed E-state index contributed by atoms with van der Waals surface area (Å²) in [7, 11) is 0. The highest BCUT2D eigenvalue weighted by Gasteiger charge is 2.30. The second kappa shape index (κ2) is 7.34. The monoisotopic (exact) mass is 333 g/mol. The van der Waals surface area contributed by atoms with E-state index in [-0.39, 0.29) is 25.3 Å². The van der Waals surface area contributed by atoms with Gasteiger partial charge < -0.3 is 15.2 Å². The first-order chi connectivity index (χ1) is 10.5. The van der Waals surface area contributed by atoms with Gasteiger partial charge in [-0.05, 0) is 44.5 Å². The number of hydrogen-bond donors (Lipinski definition) is 2. The first-order valence-corrected chi connectivity index (χ1v) is 6.82. The lowest BCUT2D eigenvalue weighted by molar-refractivity contribution is -0.147. The third kappa shape index (κ3) is 6.17. The van der Waals surface area contributed by atoms with Crippen molar-refractivity contribution in [2.75, 3.05) is 13.2 Å². The summed E-state index contributed by atoms with van der Waals surface area (Å²) in [5.41, 5.74) is -1.76. The lowest BCUT2D eigenvalue weighted by Gasteiger charge is -2.18. The van der Waals surface area contributed by atoms with E-state index >= 15 is 0 Å². The van der Waals surface area contributed by atoms with Gasteiger partial charge in [-0.2, -0.15) is 13.2 Å². The van der Waals surface area contributed by atoms with Crippen LogP contribution in [-0.4, -0.2) is 30.1 Å². The Labute approximate surface area is 131 Å². The zero-order chi connectivity index (χ0) is 17.7. The number of amides is 1. The van der Waals surface area contributed by atoms with Gasteiger partial charge in [0.25, 0.3) is 5.91 Å². The molecule has 8 heteroatoms. The molecule has 0 fully saturated rings. The van der Waals surface area contributed by atoms with Crippen LogP contribution < -0.4 is 10.1 Å². The molecule has 0 atom stereocenters. The summed E-state index contributed by atoms with van der Waals surface area (Å²) in [6, 6.07) is 3.98. The smallest absolute Gasteiger partial charge is 0.416 e. The third-order valence-corrected chi connectivity index (χ3v) is 3.20. The van der Waals surface area contributed by atoms with Crippen LogP contribution in [0.5, 0.6) is 5.75 Å². The summed E-state index contributed by atoms with van der Waals surface area (Å²) < 4.78 is 42.2. The molecule has 5 nitrogen and oxygen atoms in total. The first kappa shape index (κ1) is 18.8. The maximum atomic E-state index is 12.4. The Kier molecular flexibility index (Phi) is 6.00. The van der Waals surface area contributed by atoms with E-state index < -0.39 is 29.0 Å². The quantitative estimate of drug-likeness (QED) is 0.804. The number of carboxylic acid groups (broad SMARTS) is 1. The summed E-state index contributed by atoms with van der Waals surface area (Å²) in [4.78, 5) is 22.4. The molecular weight excluding hydrogens is 315 g/mol. The number of aliphatic carboxylic acids is 1. The molecule has 23 heavy (non-hydrogen) atoms. The number of carboxylic acids is 1. The van der Waals surface area contributed by atoms with Crippen molar-refractivity contribution in [3.63, 3.8) is 0 Å². The molecule has 0 heterocycles. The minimum absolute atomic E-state index is 0.138. The predicted molar refractivity (Wildman–Crippen MR) is 76.0 cm³/mol. The number of hydrogen-bond acceptors (Lipinski definition) is 3. The van der Waals surface area contributed by atoms with Gasteiger partial charge in [0.15, 0.2) is 6.61 Å². The molecule has 1 amide bonds. The van der Waals surface area contributed by atoms with Crippen LogP contribution in [0.15, 0.2) is 24.3 Å². The maximum absolute atomic E-state index is 12.4. The Morgan fingerprint density at radius 2 is 1.74 bits per heavy atom. The summed E-state index contributed by atoms with van der Waals surface area (Å²) in [5.74, 6) is -1.31. The average Bonchev–Trinajstić information content (AvgIpc) is 2.44. The highest BCUT2D eigenvalue weighted by Crippen LogP contribution is 2.30. The predicted octanol–water partition coefficient (Wildman–Crippen LogP) is 2.70. The molecular formula is C15H18F3NO4. The largest absolute Gasteiger partial charge is 0.484 e. The van der Waals surface area contributed by atoms with Gasteiger partial charge in [-0.3, -0.25) is 9.59 Å². The van der Waals surface area contributed by atoms with Gasteiger partial charge in [0.05, 0.1) is 11.0 Å². The number of rotatable bonds is 7. The Hall–Kier alpha value is -2.25. The van der Waals surface area contributed by atoms with E-state index in [4.69, 9.17) is 9.84 Å². The molecule has 0 aliphatic carbocycles. The second-order valence-electron chi connectivity index (χ2n) is 5.60. The minimum Gasteiger partial charge on any atom is -0.484 e. The van der Waals surface area contributed by atoms with E-state index in [0.29, 0.717) is 0 Å². The zero-order valence-electron chi connectivity index (χ0n) is 12.7. The van der Waals surface area contributed by atoms with Crippen LogP contribution in [0.3, 0.4) is 0 Å². The molecule has 0 aromatic heterocycles. The van der Waals surface area contributed by atoms with E-state index in [1.165, 1.54) is 0 Å². The molecule has 1 rings (SSSR count). The fourth-order valence-electron chi connectivity index (χ4n) is 1.56. The van der Waals surface area contributed by atoms with Crippen LogP contribution >= 0.6 is 0 Å². The maximum Gasteiger partial charge on any atom is 0.416 e. The summed E-state index contributed by atoms with van der Waals surface area (Å²) in [6.07, 6.45) is -4.18. The molecule has 0 saturated heterocycles. The Balaban J connectivity index is 2.38. The standard InChI is InChI=1S/C15H18F3NO4/c1-14(2,13(21)22)7-8-19-12(20)9-23-11-5-3-10(4-6-11)15(16,17)18/h3-6H,7-9H2,1-2H3,(H,19,20)(H,21,22). The SMILES string of the molecule is CC(C)(CCNC(=O)COc1ccc(C(F)(F)F)cc1)C(=O)O. The molecule has 2 N–H and O–H groups in total. The number of alkyl halides is 3. The van der Waals surface area contributed by atoms with E-state index in [9.17, 15) is 22.8 Å². The number of ether oxygens (including phenoxy) is 1. The van der Waals surface area contributed by atoms with Crippen molar-refractivity contribution in [2.24, 2.45) is 5.41 Å². The minimum atomic E-state index is -4.42. The van der Waals surface area contributed by atoms with Gasteiger partial charge in [0.1, 0.15) is 5.75 Å². The third-order valence-electron chi connectivity index (χ3n) is 3.20. The molecule has 1 aromatic rings. The van der Waals surface area contributed by atoms with E-state index in [1.807, 2.05) is 0 Å². The molecule has 1 aromatic carbocycles. The molecule has 0 aliphatic heterocycles. The highest BCUT2D eigenvalue weighted by atomic mass is 19.4. The van der Waals surface area contributed by atoms with Crippen molar-refractivity contribution >= 4 is 11.9 Å². The van der Waals surface area contributed by atoms with E-state index in [1.54, 1.807) is 13.8 Å². The summed E-state index contributed by atoms with van der Waals surface area (Å²) >= 11 is 0. The molecule has 128 valence electrons. The van der Waals surface area contributed by atoms with E-state index in [0.717, 1.165) is 24.3 Å². The average molecular weight is 333 g/mol. The number of benzene rings is 1. The topological polar surface area (TPSA) is 75.6 Å². The Morgan fingerprint density at radius 3 is 2.22 bits per heavy atom. The first-order valence-electron chi connectivity index (χ1n) is 6.82. The van der Waals surface area contributed by atoms with Crippen LogP contribution in [0.1, 0.15) is 25.8 Å². The van der Waals surface area contributed by atoms with Crippen molar-refractivity contribution in [2.45, 2.75) is 26.4 Å². The van der Waals surface area contributed by atoms with Gasteiger partial charge in [-0.1, -0.05) is 0 Å². The normalized spacial score (nSPS) is 11.9. The fourth-order valence-corrected chi connectivity index (χ4v) is 1.56.